The second-order valence-electron chi connectivity index (χ2n) is 6.41. The number of rotatable bonds is 6. The molecule has 142 valence electrons. The van der Waals surface area contributed by atoms with Gasteiger partial charge in [-0.25, -0.2) is 0 Å². The maximum atomic E-state index is 12.8. The molecule has 5 nitrogen and oxygen atoms in total. The van der Waals surface area contributed by atoms with E-state index in [2.05, 4.69) is 10.2 Å². The number of aryl methyl sites for hydroxylation is 3. The van der Waals surface area contributed by atoms with Crippen molar-refractivity contribution in [1.82, 2.24) is 19.9 Å². The van der Waals surface area contributed by atoms with Crippen molar-refractivity contribution in [2.45, 2.75) is 46.7 Å². The molecule has 2 rings (SSSR count). The summed E-state index contributed by atoms with van der Waals surface area (Å²) in [6.07, 6.45) is -3.28. The molecule has 1 aromatic heterocycles. The Bertz CT molecular complexity index is 783. The summed E-state index contributed by atoms with van der Waals surface area (Å²) in [5.74, 6) is -0.746. The molecule has 0 atom stereocenters. The van der Waals surface area contributed by atoms with Crippen LogP contribution in [-0.2, 0) is 0 Å². The molecule has 0 N–H and O–H groups in total. The van der Waals surface area contributed by atoms with Gasteiger partial charge in [0.1, 0.15) is 6.54 Å². The van der Waals surface area contributed by atoms with Crippen LogP contribution < -0.4 is 0 Å². The van der Waals surface area contributed by atoms with Crippen molar-refractivity contribution in [3.8, 4) is 5.69 Å². The van der Waals surface area contributed by atoms with Crippen LogP contribution in [0.2, 0.25) is 0 Å². The van der Waals surface area contributed by atoms with Crippen LogP contribution in [0.25, 0.3) is 5.69 Å². The molecule has 0 aliphatic heterocycles. The Morgan fingerprint density at radius 2 is 1.88 bits per heavy atom. The summed E-state index contributed by atoms with van der Waals surface area (Å²) in [7, 11) is 0. The molecule has 0 fully saturated rings. The molecule has 1 heterocycles. The number of hydrogen-bond donors (Lipinski definition) is 0. The van der Waals surface area contributed by atoms with Crippen LogP contribution in [0.3, 0.4) is 0 Å². The number of amides is 1. The van der Waals surface area contributed by atoms with Crippen molar-refractivity contribution >= 4 is 5.91 Å². The van der Waals surface area contributed by atoms with Gasteiger partial charge in [0, 0.05) is 6.54 Å². The first-order valence-corrected chi connectivity index (χ1v) is 8.50. The third kappa shape index (κ3) is 4.83. The average Bonchev–Trinajstić information content (AvgIpc) is 2.91. The van der Waals surface area contributed by atoms with Gasteiger partial charge in [0.15, 0.2) is 5.69 Å². The fourth-order valence-corrected chi connectivity index (χ4v) is 2.68. The zero-order chi connectivity index (χ0) is 19.5. The Balaban J connectivity index is 2.34. The average molecular weight is 368 g/mol. The molecule has 0 aliphatic carbocycles. The summed E-state index contributed by atoms with van der Waals surface area (Å²) in [6, 6.07) is 5.66. The third-order valence-corrected chi connectivity index (χ3v) is 3.99. The zero-order valence-electron chi connectivity index (χ0n) is 15.4. The number of alkyl halides is 3. The van der Waals surface area contributed by atoms with E-state index in [1.54, 1.807) is 6.92 Å². The van der Waals surface area contributed by atoms with E-state index in [4.69, 9.17) is 0 Å². The summed E-state index contributed by atoms with van der Waals surface area (Å²) in [5.41, 5.74) is 2.93. The Kier molecular flexibility index (Phi) is 6.05. The monoisotopic (exact) mass is 368 g/mol. The molecule has 0 radical (unpaired) electrons. The molecule has 26 heavy (non-hydrogen) atoms. The summed E-state index contributed by atoms with van der Waals surface area (Å²) >= 11 is 0. The lowest BCUT2D eigenvalue weighted by atomic mass is 10.1. The van der Waals surface area contributed by atoms with Gasteiger partial charge >= 0.3 is 6.18 Å². The molecular formula is C18H23F3N4O. The van der Waals surface area contributed by atoms with E-state index in [0.717, 1.165) is 16.0 Å². The van der Waals surface area contributed by atoms with Crippen LogP contribution in [0.4, 0.5) is 13.2 Å². The number of carbonyl (C=O) groups excluding carboxylic acids is 1. The van der Waals surface area contributed by atoms with E-state index >= 15 is 0 Å². The first kappa shape index (κ1) is 19.9. The third-order valence-electron chi connectivity index (χ3n) is 3.99. The minimum absolute atomic E-state index is 0.0324. The quantitative estimate of drug-likeness (QED) is 0.774. The highest BCUT2D eigenvalue weighted by Crippen LogP contribution is 2.20. The molecule has 0 spiro atoms. The Morgan fingerprint density at radius 1 is 1.19 bits per heavy atom. The summed E-state index contributed by atoms with van der Waals surface area (Å²) < 4.78 is 38.5. The standard InChI is InChI=1S/C18H23F3N4O/c1-5-6-9-24(11-18(19,20)21)17(26)16-14(4)22-25(23-16)15-8-7-12(2)10-13(15)3/h7-8,10H,5-6,9,11H2,1-4H3. The smallest absolute Gasteiger partial charge is 0.328 e. The number of nitrogens with zero attached hydrogens (tertiary/aromatic N) is 4. The van der Waals surface area contributed by atoms with Crippen LogP contribution in [0.15, 0.2) is 18.2 Å². The largest absolute Gasteiger partial charge is 0.406 e. The van der Waals surface area contributed by atoms with Crippen LogP contribution in [-0.4, -0.2) is 45.1 Å². The lowest BCUT2D eigenvalue weighted by Crippen LogP contribution is -2.40. The minimum Gasteiger partial charge on any atom is -0.328 e. The lowest BCUT2D eigenvalue weighted by molar-refractivity contribution is -0.140. The predicted octanol–water partition coefficient (Wildman–Crippen LogP) is 4.00. The second kappa shape index (κ2) is 7.88. The highest BCUT2D eigenvalue weighted by molar-refractivity contribution is 5.93. The number of hydrogen-bond acceptors (Lipinski definition) is 3. The van der Waals surface area contributed by atoms with Gasteiger partial charge < -0.3 is 4.90 Å². The molecule has 0 bridgehead atoms. The number of aromatic nitrogens is 3. The Labute approximate surface area is 150 Å². The van der Waals surface area contributed by atoms with Crippen molar-refractivity contribution in [3.05, 3.63) is 40.7 Å². The molecule has 0 aliphatic rings. The van der Waals surface area contributed by atoms with Gasteiger partial charge in [-0.1, -0.05) is 31.0 Å². The highest BCUT2D eigenvalue weighted by Gasteiger charge is 2.34. The topological polar surface area (TPSA) is 51.0 Å². The molecule has 1 amide bonds. The van der Waals surface area contributed by atoms with E-state index in [1.165, 1.54) is 4.80 Å². The number of unbranched alkanes of at least 4 members (excludes halogenated alkanes) is 1. The van der Waals surface area contributed by atoms with Gasteiger partial charge in [-0.05, 0) is 38.8 Å². The van der Waals surface area contributed by atoms with Crippen LogP contribution in [0, 0.1) is 20.8 Å². The molecule has 0 saturated heterocycles. The Morgan fingerprint density at radius 3 is 2.46 bits per heavy atom. The second-order valence-corrected chi connectivity index (χ2v) is 6.41. The van der Waals surface area contributed by atoms with Gasteiger partial charge in [-0.15, -0.1) is 5.10 Å². The molecule has 0 saturated carbocycles. The zero-order valence-corrected chi connectivity index (χ0v) is 15.4. The number of benzene rings is 1. The first-order valence-electron chi connectivity index (χ1n) is 8.50. The van der Waals surface area contributed by atoms with Crippen molar-refractivity contribution < 1.29 is 18.0 Å². The number of carbonyl (C=O) groups is 1. The minimum atomic E-state index is -4.46. The van der Waals surface area contributed by atoms with Crippen molar-refractivity contribution in [1.29, 1.82) is 0 Å². The summed E-state index contributed by atoms with van der Waals surface area (Å²) in [4.78, 5) is 14.7. The van der Waals surface area contributed by atoms with Crippen LogP contribution >= 0.6 is 0 Å². The van der Waals surface area contributed by atoms with Gasteiger partial charge in [0.05, 0.1) is 11.4 Å². The van der Waals surface area contributed by atoms with Gasteiger partial charge in [0.25, 0.3) is 5.91 Å². The fourth-order valence-electron chi connectivity index (χ4n) is 2.68. The van der Waals surface area contributed by atoms with E-state index < -0.39 is 18.6 Å². The van der Waals surface area contributed by atoms with Crippen LogP contribution in [0.1, 0.15) is 47.1 Å². The maximum absolute atomic E-state index is 12.8. The van der Waals surface area contributed by atoms with E-state index in [0.29, 0.717) is 24.2 Å². The maximum Gasteiger partial charge on any atom is 0.406 e. The van der Waals surface area contributed by atoms with Crippen molar-refractivity contribution in [2.24, 2.45) is 0 Å². The molecule has 2 aromatic rings. The molecule has 8 heteroatoms. The molecule has 1 aromatic carbocycles. The molecule has 0 unspecified atom stereocenters. The fraction of sp³-hybridized carbons (Fsp3) is 0.500. The number of halogens is 3. The van der Waals surface area contributed by atoms with E-state index in [9.17, 15) is 18.0 Å². The highest BCUT2D eigenvalue weighted by atomic mass is 19.4. The van der Waals surface area contributed by atoms with E-state index in [1.807, 2.05) is 39.0 Å². The lowest BCUT2D eigenvalue weighted by Gasteiger charge is -2.23. The summed E-state index contributed by atoms with van der Waals surface area (Å²) in [6.45, 7) is 6.02. The van der Waals surface area contributed by atoms with Gasteiger partial charge in [-0.2, -0.15) is 23.1 Å². The van der Waals surface area contributed by atoms with Crippen molar-refractivity contribution in [2.75, 3.05) is 13.1 Å². The van der Waals surface area contributed by atoms with Gasteiger partial charge in [0.2, 0.25) is 0 Å². The molecular weight excluding hydrogens is 345 g/mol. The Hall–Kier alpha value is -2.38. The predicted molar refractivity (Wildman–Crippen MR) is 92.4 cm³/mol. The first-order chi connectivity index (χ1) is 12.1. The van der Waals surface area contributed by atoms with E-state index in [-0.39, 0.29) is 12.2 Å². The SMILES string of the molecule is CCCCN(CC(F)(F)F)C(=O)c1nn(-c2ccc(C)cc2C)nc1C. The van der Waals surface area contributed by atoms with Gasteiger partial charge in [-0.3, -0.25) is 4.79 Å². The normalized spacial score (nSPS) is 11.7. The van der Waals surface area contributed by atoms with Crippen molar-refractivity contribution in [3.63, 3.8) is 0 Å². The van der Waals surface area contributed by atoms with Crippen LogP contribution in [0.5, 0.6) is 0 Å². The summed E-state index contributed by atoms with van der Waals surface area (Å²) in [5, 5.41) is 8.40.